The highest BCUT2D eigenvalue weighted by atomic mass is 32.2. The van der Waals surface area contributed by atoms with Crippen LogP contribution in [-0.4, -0.2) is 11.6 Å². The van der Waals surface area contributed by atoms with Crippen molar-refractivity contribution in [1.82, 2.24) is 0 Å². The Hall–Kier alpha value is -1.47. The standard InChI is InChI=1S/C12H13NO2S/c1-12(2,3)15-11(14)9-5-4-6-10(7-9)16-8-13/h4-7H,1-3H3. The lowest BCUT2D eigenvalue weighted by molar-refractivity contribution is 0.00693. The minimum atomic E-state index is -0.505. The van der Waals surface area contributed by atoms with E-state index in [1.165, 1.54) is 0 Å². The SMILES string of the molecule is CC(C)(C)OC(=O)c1cccc(SC#N)c1. The summed E-state index contributed by atoms with van der Waals surface area (Å²) in [4.78, 5) is 12.4. The number of hydrogen-bond donors (Lipinski definition) is 0. The molecule has 0 N–H and O–H groups in total. The molecule has 0 aliphatic carbocycles. The van der Waals surface area contributed by atoms with Crippen molar-refractivity contribution in [2.24, 2.45) is 0 Å². The van der Waals surface area contributed by atoms with Gasteiger partial charge in [-0.15, -0.1) is 0 Å². The maximum Gasteiger partial charge on any atom is 0.338 e. The van der Waals surface area contributed by atoms with E-state index in [1.54, 1.807) is 24.3 Å². The van der Waals surface area contributed by atoms with Crippen molar-refractivity contribution in [3.63, 3.8) is 0 Å². The van der Waals surface area contributed by atoms with E-state index in [9.17, 15) is 4.79 Å². The van der Waals surface area contributed by atoms with Gasteiger partial charge in [0.2, 0.25) is 0 Å². The molecule has 1 rings (SSSR count). The number of benzene rings is 1. The molecule has 0 bridgehead atoms. The van der Waals surface area contributed by atoms with E-state index >= 15 is 0 Å². The molecule has 0 radical (unpaired) electrons. The van der Waals surface area contributed by atoms with Gasteiger partial charge in [0.1, 0.15) is 11.0 Å². The molecule has 0 aromatic heterocycles. The van der Waals surface area contributed by atoms with Crippen molar-refractivity contribution < 1.29 is 9.53 Å². The van der Waals surface area contributed by atoms with Crippen LogP contribution < -0.4 is 0 Å². The molecular formula is C12H13NO2S. The topological polar surface area (TPSA) is 50.1 Å². The Morgan fingerprint density at radius 3 is 2.69 bits per heavy atom. The first-order chi connectivity index (χ1) is 7.42. The van der Waals surface area contributed by atoms with Crippen molar-refractivity contribution in [1.29, 1.82) is 5.26 Å². The summed E-state index contributed by atoms with van der Waals surface area (Å²) in [6, 6.07) is 6.85. The van der Waals surface area contributed by atoms with E-state index in [1.807, 2.05) is 26.2 Å². The summed E-state index contributed by atoms with van der Waals surface area (Å²) >= 11 is 1.02. The third-order valence-electron chi connectivity index (χ3n) is 1.63. The summed E-state index contributed by atoms with van der Waals surface area (Å²) in [7, 11) is 0. The lowest BCUT2D eigenvalue weighted by Crippen LogP contribution is -2.23. The minimum Gasteiger partial charge on any atom is -0.456 e. The zero-order chi connectivity index (χ0) is 12.2. The van der Waals surface area contributed by atoms with Crippen LogP contribution in [0, 0.1) is 10.7 Å². The summed E-state index contributed by atoms with van der Waals surface area (Å²) < 4.78 is 5.23. The highest BCUT2D eigenvalue weighted by Crippen LogP contribution is 2.19. The largest absolute Gasteiger partial charge is 0.456 e. The molecule has 0 heterocycles. The number of rotatable bonds is 2. The Labute approximate surface area is 99.4 Å². The van der Waals surface area contributed by atoms with Crippen molar-refractivity contribution in [2.75, 3.05) is 0 Å². The van der Waals surface area contributed by atoms with Gasteiger partial charge in [0.15, 0.2) is 0 Å². The molecule has 0 spiro atoms. The van der Waals surface area contributed by atoms with Gasteiger partial charge in [-0.1, -0.05) is 6.07 Å². The summed E-state index contributed by atoms with van der Waals surface area (Å²) in [6.07, 6.45) is 0. The predicted octanol–water partition coefficient (Wildman–Crippen LogP) is 3.22. The van der Waals surface area contributed by atoms with Crippen molar-refractivity contribution in [3.8, 4) is 5.40 Å². The van der Waals surface area contributed by atoms with Crippen molar-refractivity contribution in [3.05, 3.63) is 29.8 Å². The van der Waals surface area contributed by atoms with Gasteiger partial charge in [0.05, 0.1) is 5.56 Å². The normalized spacial score (nSPS) is 10.6. The Kier molecular flexibility index (Phi) is 3.97. The van der Waals surface area contributed by atoms with E-state index in [0.717, 1.165) is 16.7 Å². The molecule has 0 saturated carbocycles. The van der Waals surface area contributed by atoms with Gasteiger partial charge in [-0.05, 0) is 50.7 Å². The number of hydrogen-bond acceptors (Lipinski definition) is 4. The molecule has 0 fully saturated rings. The zero-order valence-corrected chi connectivity index (χ0v) is 10.3. The molecule has 0 aliphatic heterocycles. The van der Waals surface area contributed by atoms with E-state index in [-0.39, 0.29) is 5.97 Å². The van der Waals surface area contributed by atoms with Gasteiger partial charge in [-0.3, -0.25) is 0 Å². The second-order valence-corrected chi connectivity index (χ2v) is 5.08. The molecule has 0 saturated heterocycles. The number of esters is 1. The Morgan fingerprint density at radius 1 is 1.44 bits per heavy atom. The highest BCUT2D eigenvalue weighted by Gasteiger charge is 2.17. The fraction of sp³-hybridized carbons (Fsp3) is 0.333. The van der Waals surface area contributed by atoms with Gasteiger partial charge in [0.25, 0.3) is 0 Å². The van der Waals surface area contributed by atoms with Gasteiger partial charge >= 0.3 is 5.97 Å². The molecule has 0 amide bonds. The number of nitriles is 1. The summed E-state index contributed by atoms with van der Waals surface area (Å²) in [5.41, 5.74) is -0.0367. The molecule has 0 atom stereocenters. The third kappa shape index (κ3) is 3.95. The molecule has 0 aliphatic rings. The van der Waals surface area contributed by atoms with Crippen LogP contribution >= 0.6 is 11.8 Å². The van der Waals surface area contributed by atoms with Crippen molar-refractivity contribution in [2.45, 2.75) is 31.3 Å². The van der Waals surface area contributed by atoms with Gasteiger partial charge in [-0.25, -0.2) is 4.79 Å². The maximum absolute atomic E-state index is 11.7. The predicted molar refractivity (Wildman–Crippen MR) is 63.1 cm³/mol. The highest BCUT2D eigenvalue weighted by molar-refractivity contribution is 8.03. The molecule has 84 valence electrons. The van der Waals surface area contributed by atoms with Crippen LogP contribution in [-0.2, 0) is 4.74 Å². The lowest BCUT2D eigenvalue weighted by Gasteiger charge is -2.19. The number of ether oxygens (including phenoxy) is 1. The van der Waals surface area contributed by atoms with Crippen LogP contribution in [0.3, 0.4) is 0 Å². The average molecular weight is 235 g/mol. The first-order valence-electron chi connectivity index (χ1n) is 4.82. The fourth-order valence-corrected chi connectivity index (χ4v) is 1.51. The molecule has 4 heteroatoms. The number of thiocyanates is 1. The van der Waals surface area contributed by atoms with Gasteiger partial charge < -0.3 is 4.74 Å². The van der Waals surface area contributed by atoms with Crippen LogP contribution in [0.2, 0.25) is 0 Å². The monoisotopic (exact) mass is 235 g/mol. The van der Waals surface area contributed by atoms with Crippen LogP contribution in [0.5, 0.6) is 0 Å². The van der Waals surface area contributed by atoms with Crippen LogP contribution in [0.1, 0.15) is 31.1 Å². The molecule has 16 heavy (non-hydrogen) atoms. The maximum atomic E-state index is 11.7. The second-order valence-electron chi connectivity index (χ2n) is 4.22. The molecule has 1 aromatic rings. The average Bonchev–Trinajstić information content (AvgIpc) is 2.16. The van der Waals surface area contributed by atoms with Gasteiger partial charge in [-0.2, -0.15) is 5.26 Å². The molecule has 0 unspecified atom stereocenters. The number of carbonyl (C=O) groups is 1. The zero-order valence-electron chi connectivity index (χ0n) is 9.48. The van der Waals surface area contributed by atoms with E-state index < -0.39 is 5.60 Å². The first kappa shape index (κ1) is 12.6. The van der Waals surface area contributed by atoms with E-state index in [2.05, 4.69) is 0 Å². The van der Waals surface area contributed by atoms with E-state index in [0.29, 0.717) is 5.56 Å². The third-order valence-corrected chi connectivity index (χ3v) is 2.21. The first-order valence-corrected chi connectivity index (χ1v) is 5.63. The number of carbonyl (C=O) groups excluding carboxylic acids is 1. The van der Waals surface area contributed by atoms with Gasteiger partial charge in [0, 0.05) is 4.90 Å². The summed E-state index contributed by atoms with van der Waals surface area (Å²) in [6.45, 7) is 5.45. The molecule has 3 nitrogen and oxygen atoms in total. The van der Waals surface area contributed by atoms with Crippen LogP contribution in [0.4, 0.5) is 0 Å². The smallest absolute Gasteiger partial charge is 0.338 e. The minimum absolute atomic E-state index is 0.368. The quantitative estimate of drug-likeness (QED) is 0.448. The Bertz CT molecular complexity index is 429. The molecular weight excluding hydrogens is 222 g/mol. The Morgan fingerprint density at radius 2 is 2.12 bits per heavy atom. The fourth-order valence-electron chi connectivity index (χ4n) is 1.08. The number of nitrogens with zero attached hydrogens (tertiary/aromatic N) is 1. The van der Waals surface area contributed by atoms with Crippen LogP contribution in [0.25, 0.3) is 0 Å². The Balaban J connectivity index is 2.84. The molecule has 1 aromatic carbocycles. The lowest BCUT2D eigenvalue weighted by atomic mass is 10.2. The van der Waals surface area contributed by atoms with E-state index in [4.69, 9.17) is 10.00 Å². The summed E-state index contributed by atoms with van der Waals surface area (Å²) in [5, 5.41) is 10.5. The van der Waals surface area contributed by atoms with Crippen molar-refractivity contribution >= 4 is 17.7 Å². The summed E-state index contributed by atoms with van der Waals surface area (Å²) in [5.74, 6) is -0.368. The second kappa shape index (κ2) is 5.04. The van der Waals surface area contributed by atoms with Crippen LogP contribution in [0.15, 0.2) is 29.2 Å². The number of thioether (sulfide) groups is 1.